The Kier molecular flexibility index (Phi) is 6.77. The Labute approximate surface area is 132 Å². The molecule has 2 heterocycles. The highest BCUT2D eigenvalue weighted by Gasteiger charge is 2.19. The zero-order valence-corrected chi connectivity index (χ0v) is 14.3. The molecule has 0 aromatic carbocycles. The number of rotatable bonds is 7. The van der Waals surface area contributed by atoms with E-state index in [2.05, 4.69) is 26.1 Å². The lowest BCUT2D eigenvalue weighted by molar-refractivity contribution is 0.1000. The van der Waals surface area contributed by atoms with Gasteiger partial charge in [0.25, 0.3) is 0 Å². The van der Waals surface area contributed by atoms with E-state index in [1.165, 1.54) is 5.56 Å². The molecule has 1 aromatic heterocycles. The molecule has 1 fully saturated rings. The number of thioether (sulfide) groups is 1. The van der Waals surface area contributed by atoms with Gasteiger partial charge < -0.3 is 10.1 Å². The number of hydrogen-bond acceptors (Lipinski definition) is 5. The average molecular weight is 309 g/mol. The third kappa shape index (κ3) is 4.85. The molecule has 5 heteroatoms. The first-order chi connectivity index (χ1) is 10.2. The van der Waals surface area contributed by atoms with Crippen LogP contribution in [0, 0.1) is 6.92 Å². The number of aromatic nitrogens is 2. The molecule has 2 rings (SSSR count). The first kappa shape index (κ1) is 16.6. The Morgan fingerprint density at radius 1 is 1.19 bits per heavy atom. The minimum Gasteiger partial charge on any atom is -0.381 e. The third-order valence-corrected chi connectivity index (χ3v) is 5.04. The smallest absolute Gasteiger partial charge is 0.133 e. The van der Waals surface area contributed by atoms with Crippen molar-refractivity contribution in [3.05, 3.63) is 11.4 Å². The van der Waals surface area contributed by atoms with Gasteiger partial charge in [-0.3, -0.25) is 0 Å². The Balaban J connectivity index is 2.17. The van der Waals surface area contributed by atoms with Gasteiger partial charge >= 0.3 is 0 Å². The molecule has 118 valence electrons. The molecular formula is C16H27N3OS. The summed E-state index contributed by atoms with van der Waals surface area (Å²) >= 11 is 1.91. The predicted octanol–water partition coefficient (Wildman–Crippen LogP) is 3.83. The van der Waals surface area contributed by atoms with Crippen molar-refractivity contribution < 1.29 is 4.74 Å². The zero-order chi connectivity index (χ0) is 15.1. The van der Waals surface area contributed by atoms with Crippen LogP contribution in [0.2, 0.25) is 0 Å². The number of aryl methyl sites for hydroxylation is 1. The summed E-state index contributed by atoms with van der Waals surface area (Å²) in [6.45, 7) is 9.21. The van der Waals surface area contributed by atoms with Crippen molar-refractivity contribution in [1.29, 1.82) is 0 Å². The molecule has 1 aromatic rings. The molecule has 0 atom stereocenters. The summed E-state index contributed by atoms with van der Waals surface area (Å²) in [4.78, 5) is 9.49. The molecular weight excluding hydrogens is 282 g/mol. The largest absolute Gasteiger partial charge is 0.381 e. The molecule has 1 saturated heterocycles. The van der Waals surface area contributed by atoms with Crippen molar-refractivity contribution in [3.8, 4) is 0 Å². The summed E-state index contributed by atoms with van der Waals surface area (Å²) in [6.07, 6.45) is 5.37. The number of anilines is 1. The first-order valence-corrected chi connectivity index (χ1v) is 8.98. The van der Waals surface area contributed by atoms with Crippen LogP contribution in [0.4, 0.5) is 5.82 Å². The van der Waals surface area contributed by atoms with Crippen LogP contribution < -0.4 is 5.32 Å². The van der Waals surface area contributed by atoms with Gasteiger partial charge in [-0.05, 0) is 32.6 Å². The average Bonchev–Trinajstić information content (AvgIpc) is 2.50. The van der Waals surface area contributed by atoms with E-state index in [-0.39, 0.29) is 0 Å². The molecule has 0 aliphatic carbocycles. The minimum atomic E-state index is 0.626. The predicted molar refractivity (Wildman–Crippen MR) is 89.2 cm³/mol. The van der Waals surface area contributed by atoms with Gasteiger partial charge in [-0.1, -0.05) is 13.8 Å². The lowest BCUT2D eigenvalue weighted by Crippen LogP contribution is -2.18. The number of ether oxygens (including phenoxy) is 1. The van der Waals surface area contributed by atoms with Crippen LogP contribution in [0.3, 0.4) is 0 Å². The molecule has 1 N–H and O–H groups in total. The topological polar surface area (TPSA) is 47.0 Å². The van der Waals surface area contributed by atoms with Crippen molar-refractivity contribution in [2.24, 2.45) is 0 Å². The highest BCUT2D eigenvalue weighted by atomic mass is 32.2. The summed E-state index contributed by atoms with van der Waals surface area (Å²) in [5.41, 5.74) is 1.19. The number of hydrogen-bond donors (Lipinski definition) is 1. The monoisotopic (exact) mass is 309 g/mol. The van der Waals surface area contributed by atoms with Gasteiger partial charge in [0.15, 0.2) is 0 Å². The van der Waals surface area contributed by atoms with Crippen LogP contribution in [-0.4, -0.2) is 35.0 Å². The van der Waals surface area contributed by atoms with Gasteiger partial charge in [0.1, 0.15) is 16.7 Å². The van der Waals surface area contributed by atoms with E-state index in [1.807, 2.05) is 11.8 Å². The molecule has 0 amide bonds. The molecule has 0 radical (unpaired) electrons. The van der Waals surface area contributed by atoms with Crippen LogP contribution in [0.15, 0.2) is 5.03 Å². The second-order valence-corrected chi connectivity index (χ2v) is 6.81. The maximum Gasteiger partial charge on any atom is 0.133 e. The van der Waals surface area contributed by atoms with E-state index >= 15 is 0 Å². The Morgan fingerprint density at radius 3 is 2.62 bits per heavy atom. The quantitative estimate of drug-likeness (QED) is 0.776. The standard InChI is InChI=1S/C16H27N3OS/c1-4-6-14-18-15(17-9-5-2)12(3)16(19-14)21-13-7-10-20-11-8-13/h13H,4-11H2,1-3H3,(H,17,18,19). The van der Waals surface area contributed by atoms with Crippen LogP contribution in [0.1, 0.15) is 50.9 Å². The van der Waals surface area contributed by atoms with Crippen molar-refractivity contribution in [1.82, 2.24) is 9.97 Å². The Hall–Kier alpha value is -0.810. The van der Waals surface area contributed by atoms with E-state index in [0.29, 0.717) is 5.25 Å². The Morgan fingerprint density at radius 2 is 1.95 bits per heavy atom. The summed E-state index contributed by atoms with van der Waals surface area (Å²) in [7, 11) is 0. The van der Waals surface area contributed by atoms with E-state index in [1.54, 1.807) is 0 Å². The minimum absolute atomic E-state index is 0.626. The van der Waals surface area contributed by atoms with Crippen molar-refractivity contribution >= 4 is 17.6 Å². The van der Waals surface area contributed by atoms with Crippen LogP contribution in [-0.2, 0) is 11.2 Å². The maximum absolute atomic E-state index is 5.45. The third-order valence-electron chi connectivity index (χ3n) is 3.61. The number of nitrogens with zero attached hydrogens (tertiary/aromatic N) is 2. The second-order valence-electron chi connectivity index (χ2n) is 5.52. The summed E-state index contributed by atoms with van der Waals surface area (Å²) in [5, 5.41) is 5.23. The second kappa shape index (κ2) is 8.59. The van der Waals surface area contributed by atoms with Gasteiger partial charge in [0.05, 0.1) is 0 Å². The fourth-order valence-corrected chi connectivity index (χ4v) is 3.53. The molecule has 0 spiro atoms. The summed E-state index contributed by atoms with van der Waals surface area (Å²) in [6, 6.07) is 0. The van der Waals surface area contributed by atoms with Crippen molar-refractivity contribution in [3.63, 3.8) is 0 Å². The first-order valence-electron chi connectivity index (χ1n) is 8.10. The van der Waals surface area contributed by atoms with Crippen molar-refractivity contribution in [2.45, 2.75) is 63.2 Å². The maximum atomic E-state index is 5.45. The lowest BCUT2D eigenvalue weighted by atomic mass is 10.2. The van der Waals surface area contributed by atoms with Crippen LogP contribution in [0.25, 0.3) is 0 Å². The van der Waals surface area contributed by atoms with Crippen molar-refractivity contribution in [2.75, 3.05) is 25.1 Å². The summed E-state index contributed by atoms with van der Waals surface area (Å²) < 4.78 is 5.45. The molecule has 4 nitrogen and oxygen atoms in total. The SMILES string of the molecule is CCCNc1nc(CCC)nc(SC2CCOCC2)c1C. The highest BCUT2D eigenvalue weighted by molar-refractivity contribution is 7.99. The molecule has 0 saturated carbocycles. The van der Waals surface area contributed by atoms with Gasteiger partial charge in [-0.25, -0.2) is 9.97 Å². The molecule has 1 aliphatic rings. The van der Waals surface area contributed by atoms with Crippen LogP contribution >= 0.6 is 11.8 Å². The highest BCUT2D eigenvalue weighted by Crippen LogP contribution is 2.32. The number of nitrogens with one attached hydrogen (secondary N) is 1. The molecule has 0 bridgehead atoms. The molecule has 0 unspecified atom stereocenters. The zero-order valence-electron chi connectivity index (χ0n) is 13.4. The molecule has 1 aliphatic heterocycles. The molecule has 21 heavy (non-hydrogen) atoms. The van der Waals surface area contributed by atoms with Crippen LogP contribution in [0.5, 0.6) is 0 Å². The van der Waals surface area contributed by atoms with E-state index in [9.17, 15) is 0 Å². The van der Waals surface area contributed by atoms with Gasteiger partial charge in [0.2, 0.25) is 0 Å². The Bertz CT molecular complexity index is 447. The summed E-state index contributed by atoms with van der Waals surface area (Å²) in [5.74, 6) is 1.99. The fraction of sp³-hybridized carbons (Fsp3) is 0.750. The van der Waals surface area contributed by atoms with E-state index in [0.717, 1.165) is 68.5 Å². The normalized spacial score (nSPS) is 16.1. The van der Waals surface area contributed by atoms with E-state index < -0.39 is 0 Å². The fourth-order valence-electron chi connectivity index (χ4n) is 2.36. The van der Waals surface area contributed by atoms with Gasteiger partial charge in [-0.2, -0.15) is 0 Å². The van der Waals surface area contributed by atoms with Gasteiger partial charge in [0, 0.05) is 37.0 Å². The lowest BCUT2D eigenvalue weighted by Gasteiger charge is -2.22. The van der Waals surface area contributed by atoms with Gasteiger partial charge in [-0.15, -0.1) is 11.8 Å². The van der Waals surface area contributed by atoms with E-state index in [4.69, 9.17) is 14.7 Å².